The van der Waals surface area contributed by atoms with Crippen LogP contribution in [0.25, 0.3) is 6.08 Å². The normalized spacial score (nSPS) is 10.7. The lowest BCUT2D eigenvalue weighted by Crippen LogP contribution is -2.01. The number of benzene rings is 1. The largest absolute Gasteiger partial charge is 0.463 e. The molecule has 120 valence electrons. The van der Waals surface area contributed by atoms with E-state index in [1.54, 1.807) is 18.2 Å². The summed E-state index contributed by atoms with van der Waals surface area (Å²) in [6.45, 7) is 1.82. The molecular formula is C17H15ClO5. The van der Waals surface area contributed by atoms with Gasteiger partial charge in [-0.1, -0.05) is 23.7 Å². The monoisotopic (exact) mass is 334 g/mol. The van der Waals surface area contributed by atoms with Crippen LogP contribution in [0, 0.1) is 6.92 Å². The van der Waals surface area contributed by atoms with Gasteiger partial charge in [-0.25, -0.2) is 9.59 Å². The van der Waals surface area contributed by atoms with E-state index in [-0.39, 0.29) is 12.4 Å². The number of halogens is 1. The van der Waals surface area contributed by atoms with Gasteiger partial charge in [-0.3, -0.25) is 0 Å². The van der Waals surface area contributed by atoms with Gasteiger partial charge in [-0.15, -0.1) is 0 Å². The fourth-order valence-corrected chi connectivity index (χ4v) is 1.92. The summed E-state index contributed by atoms with van der Waals surface area (Å²) in [5, 5.41) is 0.631. The van der Waals surface area contributed by atoms with Crippen molar-refractivity contribution in [3.63, 3.8) is 0 Å². The molecule has 2 rings (SSSR count). The number of esters is 2. The molecule has 2 aromatic rings. The van der Waals surface area contributed by atoms with Gasteiger partial charge in [0.1, 0.15) is 12.4 Å². The Hall–Kier alpha value is -2.53. The van der Waals surface area contributed by atoms with Crippen LogP contribution < -0.4 is 0 Å². The van der Waals surface area contributed by atoms with Crippen LogP contribution in [0.4, 0.5) is 0 Å². The second-order valence-corrected chi connectivity index (χ2v) is 5.11. The van der Waals surface area contributed by atoms with Crippen LogP contribution in [0.2, 0.25) is 5.02 Å². The Morgan fingerprint density at radius 2 is 2.04 bits per heavy atom. The number of carbonyl (C=O) groups is 2. The summed E-state index contributed by atoms with van der Waals surface area (Å²) in [5.41, 5.74) is 1.76. The number of rotatable bonds is 5. The SMILES string of the molecule is COC(=O)c1ccc(COC(=O)/C=C/c2ccc(C)c(Cl)c2)o1. The number of aryl methyl sites for hydroxylation is 1. The molecule has 1 heterocycles. The lowest BCUT2D eigenvalue weighted by Gasteiger charge is -2.00. The number of ether oxygens (including phenoxy) is 2. The topological polar surface area (TPSA) is 65.7 Å². The highest BCUT2D eigenvalue weighted by atomic mass is 35.5. The van der Waals surface area contributed by atoms with Crippen molar-refractivity contribution in [2.24, 2.45) is 0 Å². The predicted molar refractivity (Wildman–Crippen MR) is 85.1 cm³/mol. The maximum atomic E-state index is 11.7. The van der Waals surface area contributed by atoms with Crippen molar-refractivity contribution in [1.82, 2.24) is 0 Å². The molecule has 0 aliphatic rings. The van der Waals surface area contributed by atoms with Gasteiger partial charge in [-0.05, 0) is 42.3 Å². The molecule has 0 amide bonds. The zero-order valence-corrected chi connectivity index (χ0v) is 13.4. The van der Waals surface area contributed by atoms with Crippen LogP contribution in [-0.2, 0) is 20.9 Å². The number of carbonyl (C=O) groups excluding carboxylic acids is 2. The molecule has 0 aliphatic heterocycles. The molecular weight excluding hydrogens is 320 g/mol. The van der Waals surface area contributed by atoms with Gasteiger partial charge < -0.3 is 13.9 Å². The van der Waals surface area contributed by atoms with Crippen molar-refractivity contribution >= 4 is 29.6 Å². The van der Waals surface area contributed by atoms with Crippen LogP contribution >= 0.6 is 11.6 Å². The van der Waals surface area contributed by atoms with Crippen molar-refractivity contribution in [3.05, 3.63) is 64.1 Å². The maximum Gasteiger partial charge on any atom is 0.373 e. The van der Waals surface area contributed by atoms with Crippen molar-refractivity contribution in [2.75, 3.05) is 7.11 Å². The molecule has 1 aromatic carbocycles. The van der Waals surface area contributed by atoms with Gasteiger partial charge in [0.15, 0.2) is 0 Å². The van der Waals surface area contributed by atoms with Crippen LogP contribution in [-0.4, -0.2) is 19.0 Å². The zero-order chi connectivity index (χ0) is 16.8. The Labute approximate surface area is 138 Å². The Morgan fingerprint density at radius 3 is 2.74 bits per heavy atom. The van der Waals surface area contributed by atoms with Crippen LogP contribution in [0.3, 0.4) is 0 Å². The van der Waals surface area contributed by atoms with E-state index in [4.69, 9.17) is 20.8 Å². The summed E-state index contributed by atoms with van der Waals surface area (Å²) in [4.78, 5) is 22.9. The van der Waals surface area contributed by atoms with Crippen LogP contribution in [0.5, 0.6) is 0 Å². The van der Waals surface area contributed by atoms with E-state index in [9.17, 15) is 9.59 Å². The van der Waals surface area contributed by atoms with Gasteiger partial charge >= 0.3 is 11.9 Å². The summed E-state index contributed by atoms with van der Waals surface area (Å²) < 4.78 is 14.7. The second kappa shape index (κ2) is 7.65. The van der Waals surface area contributed by atoms with Crippen molar-refractivity contribution in [1.29, 1.82) is 0 Å². The van der Waals surface area contributed by atoms with Crippen LogP contribution in [0.15, 0.2) is 40.8 Å². The van der Waals surface area contributed by atoms with E-state index in [1.807, 2.05) is 19.1 Å². The molecule has 5 nitrogen and oxygen atoms in total. The number of hydrogen-bond acceptors (Lipinski definition) is 5. The minimum absolute atomic E-state index is 0.0587. The van der Waals surface area contributed by atoms with Crippen molar-refractivity contribution in [3.8, 4) is 0 Å². The molecule has 6 heteroatoms. The molecule has 0 bridgehead atoms. The summed E-state index contributed by atoms with van der Waals surface area (Å²) in [5.74, 6) is -0.703. The van der Waals surface area contributed by atoms with E-state index in [2.05, 4.69) is 4.74 Å². The summed E-state index contributed by atoms with van der Waals surface area (Å²) in [6.07, 6.45) is 2.90. The van der Waals surface area contributed by atoms with E-state index in [0.717, 1.165) is 11.1 Å². The van der Waals surface area contributed by atoms with Crippen molar-refractivity contribution < 1.29 is 23.5 Å². The van der Waals surface area contributed by atoms with Gasteiger partial charge in [0, 0.05) is 11.1 Å². The standard InChI is InChI=1S/C17H15ClO5/c1-11-3-4-12(9-14(11)18)5-8-16(19)22-10-13-6-7-15(23-13)17(20)21-2/h3-9H,10H2,1-2H3/b8-5+. The first kappa shape index (κ1) is 16.8. The van der Waals surface area contributed by atoms with E-state index < -0.39 is 11.9 Å². The Morgan fingerprint density at radius 1 is 1.26 bits per heavy atom. The van der Waals surface area contributed by atoms with E-state index in [0.29, 0.717) is 10.8 Å². The summed E-state index contributed by atoms with van der Waals surface area (Å²) >= 11 is 6.01. The number of furan rings is 1. The minimum atomic E-state index is -0.585. The third-order valence-electron chi connectivity index (χ3n) is 3.01. The first-order valence-corrected chi connectivity index (χ1v) is 7.15. The molecule has 0 saturated heterocycles. The first-order valence-electron chi connectivity index (χ1n) is 6.77. The number of hydrogen-bond donors (Lipinski definition) is 0. The molecule has 0 unspecified atom stereocenters. The Balaban J connectivity index is 1.89. The molecule has 0 spiro atoms. The quantitative estimate of drug-likeness (QED) is 0.615. The fraction of sp³-hybridized carbons (Fsp3) is 0.176. The molecule has 0 saturated carbocycles. The minimum Gasteiger partial charge on any atom is -0.463 e. The first-order chi connectivity index (χ1) is 11.0. The van der Waals surface area contributed by atoms with E-state index in [1.165, 1.54) is 19.3 Å². The van der Waals surface area contributed by atoms with Gasteiger partial charge in [0.05, 0.1) is 7.11 Å². The van der Waals surface area contributed by atoms with Crippen LogP contribution in [0.1, 0.15) is 27.4 Å². The molecule has 1 aromatic heterocycles. The predicted octanol–water partition coefficient (Wildman–Crippen LogP) is 3.78. The molecule has 0 aliphatic carbocycles. The number of methoxy groups -OCH3 is 1. The van der Waals surface area contributed by atoms with Gasteiger partial charge in [0.25, 0.3) is 0 Å². The van der Waals surface area contributed by atoms with Crippen molar-refractivity contribution in [2.45, 2.75) is 13.5 Å². The van der Waals surface area contributed by atoms with Gasteiger partial charge in [0.2, 0.25) is 5.76 Å². The summed E-state index contributed by atoms with van der Waals surface area (Å²) in [7, 11) is 1.26. The highest BCUT2D eigenvalue weighted by Gasteiger charge is 2.11. The Bertz CT molecular complexity index is 745. The molecule has 0 radical (unpaired) electrons. The zero-order valence-electron chi connectivity index (χ0n) is 12.7. The highest BCUT2D eigenvalue weighted by molar-refractivity contribution is 6.31. The average Bonchev–Trinajstić information content (AvgIpc) is 3.02. The molecule has 0 N–H and O–H groups in total. The Kier molecular flexibility index (Phi) is 5.60. The molecule has 0 atom stereocenters. The smallest absolute Gasteiger partial charge is 0.373 e. The maximum absolute atomic E-state index is 11.7. The summed E-state index contributed by atoms with van der Waals surface area (Å²) in [6, 6.07) is 8.47. The molecule has 0 fully saturated rings. The molecule has 23 heavy (non-hydrogen) atoms. The van der Waals surface area contributed by atoms with Gasteiger partial charge in [-0.2, -0.15) is 0 Å². The average molecular weight is 335 g/mol. The highest BCUT2D eigenvalue weighted by Crippen LogP contribution is 2.17. The lowest BCUT2D eigenvalue weighted by atomic mass is 10.1. The lowest BCUT2D eigenvalue weighted by molar-refractivity contribution is -0.139. The van der Waals surface area contributed by atoms with E-state index >= 15 is 0 Å². The second-order valence-electron chi connectivity index (χ2n) is 4.71. The third kappa shape index (κ3) is 4.72. The third-order valence-corrected chi connectivity index (χ3v) is 3.42. The fourth-order valence-electron chi connectivity index (χ4n) is 1.73.